The Bertz CT molecular complexity index is 77.6. The molecule has 0 heterocycles. The first-order valence-electron chi connectivity index (χ1n) is 3.00. The van der Waals surface area contributed by atoms with Crippen LogP contribution in [0.3, 0.4) is 0 Å². The molecular weight excluding hydrogens is 116 g/mol. The Hall–Kier alpha value is -0.120. The van der Waals surface area contributed by atoms with Crippen molar-refractivity contribution in [3.05, 3.63) is 0 Å². The van der Waals surface area contributed by atoms with Crippen molar-refractivity contribution in [3.8, 4) is 0 Å². The van der Waals surface area contributed by atoms with Gasteiger partial charge in [-0.05, 0) is 13.8 Å². The van der Waals surface area contributed by atoms with Gasteiger partial charge in [-0.15, -0.1) is 0 Å². The molecule has 56 valence electrons. The minimum atomic E-state index is -0.176. The summed E-state index contributed by atoms with van der Waals surface area (Å²) in [6.45, 7) is 4.66. The Labute approximate surface area is 56.7 Å². The van der Waals surface area contributed by atoms with E-state index in [1.165, 1.54) is 0 Å². The van der Waals surface area contributed by atoms with Crippen LogP contribution in [0.1, 0.15) is 13.8 Å². The van der Waals surface area contributed by atoms with Gasteiger partial charge in [0.25, 0.3) is 0 Å². The fourth-order valence-corrected chi connectivity index (χ4v) is 0.638. The minimum absolute atomic E-state index is 0.176. The van der Waals surface area contributed by atoms with Gasteiger partial charge in [0.1, 0.15) is 0 Å². The summed E-state index contributed by atoms with van der Waals surface area (Å²) in [7, 11) is 3.49. The summed E-state index contributed by atoms with van der Waals surface area (Å²) in [4.78, 5) is 4.88. The van der Waals surface area contributed by atoms with Crippen molar-refractivity contribution in [2.45, 2.75) is 19.4 Å². The van der Waals surface area contributed by atoms with Crippen LogP contribution in [-0.4, -0.2) is 31.3 Å². The van der Waals surface area contributed by atoms with E-state index in [0.29, 0.717) is 0 Å². The van der Waals surface area contributed by atoms with Gasteiger partial charge in [-0.1, -0.05) is 0 Å². The number of nitrogens with two attached hydrogens (primary N) is 1. The molecule has 0 saturated carbocycles. The van der Waals surface area contributed by atoms with Gasteiger partial charge in [0, 0.05) is 19.1 Å². The van der Waals surface area contributed by atoms with Gasteiger partial charge in [-0.2, -0.15) is 5.06 Å². The molecule has 0 fully saturated rings. The molecule has 0 amide bonds. The lowest BCUT2D eigenvalue weighted by atomic mass is 10.1. The van der Waals surface area contributed by atoms with Gasteiger partial charge in [-0.25, -0.2) is 0 Å². The van der Waals surface area contributed by atoms with E-state index in [1.807, 2.05) is 20.9 Å². The predicted octanol–water partition coefficient (Wildman–Crippen LogP) is 0.217. The van der Waals surface area contributed by atoms with Crippen LogP contribution >= 0.6 is 0 Å². The molecule has 0 aliphatic carbocycles. The van der Waals surface area contributed by atoms with Crippen LogP contribution in [-0.2, 0) is 4.84 Å². The highest BCUT2D eigenvalue weighted by atomic mass is 16.7. The molecule has 0 unspecified atom stereocenters. The van der Waals surface area contributed by atoms with Crippen molar-refractivity contribution < 1.29 is 4.84 Å². The summed E-state index contributed by atoms with van der Waals surface area (Å²) in [6, 6.07) is 0. The maximum absolute atomic E-state index is 5.69. The monoisotopic (exact) mass is 132 g/mol. The normalized spacial score (nSPS) is 12.7. The third kappa shape index (κ3) is 5.76. The molecule has 0 atom stereocenters. The minimum Gasteiger partial charge on any atom is -0.324 e. The lowest BCUT2D eigenvalue weighted by Crippen LogP contribution is -2.43. The smallest absolute Gasteiger partial charge is 0.0575 e. The van der Waals surface area contributed by atoms with Crippen molar-refractivity contribution in [2.24, 2.45) is 5.73 Å². The van der Waals surface area contributed by atoms with E-state index in [1.54, 1.807) is 12.2 Å². The van der Waals surface area contributed by atoms with Crippen LogP contribution in [0.5, 0.6) is 0 Å². The number of hydroxylamine groups is 2. The maximum Gasteiger partial charge on any atom is 0.0575 e. The van der Waals surface area contributed by atoms with Crippen LogP contribution in [0.15, 0.2) is 0 Å². The second kappa shape index (κ2) is 3.15. The third-order valence-corrected chi connectivity index (χ3v) is 0.942. The second-order valence-electron chi connectivity index (χ2n) is 2.96. The molecule has 0 aromatic carbocycles. The predicted molar refractivity (Wildman–Crippen MR) is 37.9 cm³/mol. The fourth-order valence-electron chi connectivity index (χ4n) is 0.638. The standard InChI is InChI=1S/C6H16N2O/c1-6(2,7)5-8(3)9-4/h5,7H2,1-4H3. The van der Waals surface area contributed by atoms with E-state index in [0.717, 1.165) is 6.54 Å². The van der Waals surface area contributed by atoms with E-state index in [2.05, 4.69) is 0 Å². The van der Waals surface area contributed by atoms with Gasteiger partial charge in [0.15, 0.2) is 0 Å². The molecule has 0 aliphatic rings. The SMILES string of the molecule is CON(C)CC(C)(C)N. The number of rotatable bonds is 3. The molecule has 0 aliphatic heterocycles. The van der Waals surface area contributed by atoms with Gasteiger partial charge in [0.05, 0.1) is 7.11 Å². The Kier molecular flexibility index (Phi) is 3.11. The van der Waals surface area contributed by atoms with Gasteiger partial charge < -0.3 is 10.6 Å². The molecule has 0 aromatic heterocycles. The first-order valence-corrected chi connectivity index (χ1v) is 3.00. The van der Waals surface area contributed by atoms with Crippen LogP contribution in [0, 0.1) is 0 Å². The van der Waals surface area contributed by atoms with E-state index in [-0.39, 0.29) is 5.54 Å². The molecule has 0 saturated heterocycles. The zero-order valence-corrected chi connectivity index (χ0v) is 6.64. The molecule has 3 heteroatoms. The quantitative estimate of drug-likeness (QED) is 0.558. The van der Waals surface area contributed by atoms with Gasteiger partial charge in [0.2, 0.25) is 0 Å². The molecule has 0 bridgehead atoms. The highest BCUT2D eigenvalue weighted by Gasteiger charge is 2.12. The lowest BCUT2D eigenvalue weighted by molar-refractivity contribution is -0.118. The number of hydrogen-bond donors (Lipinski definition) is 1. The maximum atomic E-state index is 5.69. The van der Waals surface area contributed by atoms with Crippen LogP contribution in [0.2, 0.25) is 0 Å². The lowest BCUT2D eigenvalue weighted by Gasteiger charge is -2.24. The average Bonchev–Trinajstić information content (AvgIpc) is 1.62. The summed E-state index contributed by atoms with van der Waals surface area (Å²) in [5.41, 5.74) is 5.51. The highest BCUT2D eigenvalue weighted by molar-refractivity contribution is 4.72. The first-order chi connectivity index (χ1) is 3.95. The van der Waals surface area contributed by atoms with Crippen LogP contribution in [0.4, 0.5) is 0 Å². The second-order valence-corrected chi connectivity index (χ2v) is 2.96. The molecule has 3 nitrogen and oxygen atoms in total. The molecule has 0 radical (unpaired) electrons. The topological polar surface area (TPSA) is 38.5 Å². The number of likely N-dealkylation sites (N-methyl/N-ethyl adjacent to an activating group) is 1. The number of nitrogens with zero attached hydrogens (tertiary/aromatic N) is 1. The van der Waals surface area contributed by atoms with E-state index >= 15 is 0 Å². The van der Waals surface area contributed by atoms with E-state index in [9.17, 15) is 0 Å². The van der Waals surface area contributed by atoms with Crippen LogP contribution < -0.4 is 5.73 Å². The molecule has 0 spiro atoms. The van der Waals surface area contributed by atoms with Crippen molar-refractivity contribution in [3.63, 3.8) is 0 Å². The number of hydrogen-bond acceptors (Lipinski definition) is 3. The van der Waals surface area contributed by atoms with Crippen molar-refractivity contribution in [1.82, 2.24) is 5.06 Å². The molecular formula is C6H16N2O. The molecule has 0 rings (SSSR count). The van der Waals surface area contributed by atoms with Gasteiger partial charge >= 0.3 is 0 Å². The molecule has 9 heavy (non-hydrogen) atoms. The summed E-state index contributed by atoms with van der Waals surface area (Å²) >= 11 is 0. The Balaban J connectivity index is 3.47. The summed E-state index contributed by atoms with van der Waals surface area (Å²) < 4.78 is 0. The zero-order chi connectivity index (χ0) is 7.49. The summed E-state index contributed by atoms with van der Waals surface area (Å²) in [5.74, 6) is 0. The Morgan fingerprint density at radius 2 is 2.00 bits per heavy atom. The van der Waals surface area contributed by atoms with Crippen molar-refractivity contribution >= 4 is 0 Å². The van der Waals surface area contributed by atoms with Crippen LogP contribution in [0.25, 0.3) is 0 Å². The Morgan fingerprint density at radius 1 is 1.56 bits per heavy atom. The largest absolute Gasteiger partial charge is 0.324 e. The Morgan fingerprint density at radius 3 is 2.11 bits per heavy atom. The fraction of sp³-hybridized carbons (Fsp3) is 1.00. The van der Waals surface area contributed by atoms with E-state index in [4.69, 9.17) is 10.6 Å². The van der Waals surface area contributed by atoms with Crippen molar-refractivity contribution in [2.75, 3.05) is 20.7 Å². The summed E-state index contributed by atoms with van der Waals surface area (Å²) in [5, 5.41) is 1.71. The zero-order valence-electron chi connectivity index (χ0n) is 6.64. The average molecular weight is 132 g/mol. The van der Waals surface area contributed by atoms with Gasteiger partial charge in [-0.3, -0.25) is 0 Å². The molecule has 2 N–H and O–H groups in total. The summed E-state index contributed by atoms with van der Waals surface area (Å²) in [6.07, 6.45) is 0. The van der Waals surface area contributed by atoms with E-state index < -0.39 is 0 Å². The molecule has 0 aromatic rings. The third-order valence-electron chi connectivity index (χ3n) is 0.942. The first kappa shape index (κ1) is 8.88. The highest BCUT2D eigenvalue weighted by Crippen LogP contribution is 1.98. The van der Waals surface area contributed by atoms with Crippen molar-refractivity contribution in [1.29, 1.82) is 0 Å².